The maximum absolute atomic E-state index is 6.02. The largest absolute Gasteiger partial charge is 0.351 e. The molecule has 7 heteroatoms. The van der Waals surface area contributed by atoms with Crippen LogP contribution in [-0.2, 0) is 20.1 Å². The maximum atomic E-state index is 6.02. The maximum Gasteiger partial charge on any atom is 0.194 e. The molecule has 1 N–H and O–H groups in total. The fourth-order valence-corrected chi connectivity index (χ4v) is 3.27. The first kappa shape index (κ1) is 19.3. The number of rotatable bonds is 4. The SMILES string of the molecule is CN=C(NCc1ccc(C)s1)N(C)Cc1cc(Cl)cn1C.I. The summed E-state index contributed by atoms with van der Waals surface area (Å²) in [4.78, 5) is 9.06. The summed E-state index contributed by atoms with van der Waals surface area (Å²) in [7, 11) is 5.83. The van der Waals surface area contributed by atoms with Gasteiger partial charge in [-0.15, -0.1) is 35.3 Å². The van der Waals surface area contributed by atoms with Gasteiger partial charge in [0.1, 0.15) is 0 Å². The number of thiophene rings is 1. The van der Waals surface area contributed by atoms with Crippen molar-refractivity contribution >= 4 is 52.9 Å². The zero-order valence-corrected chi connectivity index (χ0v) is 17.2. The normalized spacial score (nSPS) is 11.2. The number of hydrogen-bond donors (Lipinski definition) is 1. The lowest BCUT2D eigenvalue weighted by Crippen LogP contribution is -2.38. The molecule has 4 nitrogen and oxygen atoms in total. The second-order valence-electron chi connectivity index (χ2n) is 5.03. The molecule has 2 aromatic heterocycles. The fourth-order valence-electron chi connectivity index (χ4n) is 2.17. The van der Waals surface area contributed by atoms with Crippen LogP contribution in [0.5, 0.6) is 0 Å². The highest BCUT2D eigenvalue weighted by molar-refractivity contribution is 14.0. The van der Waals surface area contributed by atoms with Gasteiger partial charge in [-0.05, 0) is 25.1 Å². The molecule has 0 aliphatic rings. The summed E-state index contributed by atoms with van der Waals surface area (Å²) in [5.41, 5.74) is 1.15. The number of aryl methyl sites for hydroxylation is 2. The van der Waals surface area contributed by atoms with Crippen LogP contribution in [0.2, 0.25) is 5.02 Å². The molecule has 0 unspecified atom stereocenters. The average molecular weight is 453 g/mol. The Hall–Kier alpha value is -0.730. The molecule has 122 valence electrons. The van der Waals surface area contributed by atoms with E-state index in [-0.39, 0.29) is 24.0 Å². The summed E-state index contributed by atoms with van der Waals surface area (Å²) in [5.74, 6) is 0.873. The van der Waals surface area contributed by atoms with E-state index in [1.54, 1.807) is 18.4 Å². The third-order valence-electron chi connectivity index (χ3n) is 3.26. The van der Waals surface area contributed by atoms with Crippen molar-refractivity contribution in [1.82, 2.24) is 14.8 Å². The van der Waals surface area contributed by atoms with Gasteiger partial charge in [0.2, 0.25) is 0 Å². The van der Waals surface area contributed by atoms with Gasteiger partial charge in [-0.2, -0.15) is 0 Å². The number of nitrogens with one attached hydrogen (secondary N) is 1. The summed E-state index contributed by atoms with van der Waals surface area (Å²) in [6.45, 7) is 3.67. The van der Waals surface area contributed by atoms with Crippen LogP contribution in [0.15, 0.2) is 29.4 Å². The number of nitrogens with zero attached hydrogens (tertiary/aromatic N) is 3. The molecule has 2 heterocycles. The highest BCUT2D eigenvalue weighted by Gasteiger charge is 2.10. The van der Waals surface area contributed by atoms with Gasteiger partial charge in [-0.25, -0.2) is 0 Å². The van der Waals surface area contributed by atoms with Crippen molar-refractivity contribution < 1.29 is 0 Å². The summed E-state index contributed by atoms with van der Waals surface area (Å²) in [6, 6.07) is 6.27. The van der Waals surface area contributed by atoms with Crippen molar-refractivity contribution in [2.24, 2.45) is 12.0 Å². The number of aromatic nitrogens is 1. The quantitative estimate of drug-likeness (QED) is 0.434. The molecule has 0 amide bonds. The summed E-state index contributed by atoms with van der Waals surface area (Å²) >= 11 is 7.83. The van der Waals surface area contributed by atoms with Gasteiger partial charge in [0.15, 0.2) is 5.96 Å². The lowest BCUT2D eigenvalue weighted by Gasteiger charge is -2.22. The van der Waals surface area contributed by atoms with E-state index in [1.807, 2.05) is 30.9 Å². The van der Waals surface area contributed by atoms with E-state index in [2.05, 4.69) is 34.3 Å². The molecule has 0 aliphatic carbocycles. The van der Waals surface area contributed by atoms with E-state index >= 15 is 0 Å². The molecule has 0 spiro atoms. The molecule has 2 aromatic rings. The molecule has 0 aromatic carbocycles. The average Bonchev–Trinajstić information content (AvgIpc) is 2.96. The number of halogens is 2. The zero-order chi connectivity index (χ0) is 15.4. The lowest BCUT2D eigenvalue weighted by atomic mass is 10.4. The number of hydrogen-bond acceptors (Lipinski definition) is 2. The van der Waals surface area contributed by atoms with Gasteiger partial charge in [-0.3, -0.25) is 4.99 Å². The van der Waals surface area contributed by atoms with Crippen molar-refractivity contribution in [3.05, 3.63) is 44.9 Å². The van der Waals surface area contributed by atoms with E-state index in [1.165, 1.54) is 9.75 Å². The Labute approximate surface area is 158 Å². The zero-order valence-electron chi connectivity index (χ0n) is 13.3. The second kappa shape index (κ2) is 8.79. The number of aliphatic imine (C=N–C) groups is 1. The minimum absolute atomic E-state index is 0. The smallest absolute Gasteiger partial charge is 0.194 e. The second-order valence-corrected chi connectivity index (χ2v) is 6.84. The van der Waals surface area contributed by atoms with Crippen LogP contribution >= 0.6 is 46.9 Å². The van der Waals surface area contributed by atoms with Crippen LogP contribution in [0.4, 0.5) is 0 Å². The molecule has 0 atom stereocenters. The first-order chi connectivity index (χ1) is 9.99. The molecule has 0 aliphatic heterocycles. The molecule has 0 radical (unpaired) electrons. The Bertz CT molecular complexity index is 635. The summed E-state index contributed by atoms with van der Waals surface area (Å²) in [6.07, 6.45) is 1.91. The Morgan fingerprint density at radius 3 is 2.68 bits per heavy atom. The highest BCUT2D eigenvalue weighted by Crippen LogP contribution is 2.16. The molecular weight excluding hydrogens is 431 g/mol. The van der Waals surface area contributed by atoms with E-state index < -0.39 is 0 Å². The molecule has 0 bridgehead atoms. The predicted molar refractivity (Wildman–Crippen MR) is 107 cm³/mol. The minimum atomic E-state index is 0. The molecular formula is C15H22ClIN4S. The Morgan fingerprint density at radius 2 is 2.18 bits per heavy atom. The Balaban J connectivity index is 0.00000242. The fraction of sp³-hybridized carbons (Fsp3) is 0.400. The highest BCUT2D eigenvalue weighted by atomic mass is 127. The molecule has 22 heavy (non-hydrogen) atoms. The first-order valence-corrected chi connectivity index (χ1v) is 7.97. The molecule has 2 rings (SSSR count). The summed E-state index contributed by atoms with van der Waals surface area (Å²) in [5, 5.41) is 4.15. The van der Waals surface area contributed by atoms with Gasteiger partial charge in [0, 0.05) is 42.8 Å². The van der Waals surface area contributed by atoms with Crippen LogP contribution in [0, 0.1) is 6.92 Å². The molecule has 0 fully saturated rings. The van der Waals surface area contributed by atoms with E-state index in [0.29, 0.717) is 0 Å². The number of guanidine groups is 1. The first-order valence-electron chi connectivity index (χ1n) is 6.77. The van der Waals surface area contributed by atoms with Gasteiger partial charge in [-0.1, -0.05) is 11.6 Å². The topological polar surface area (TPSA) is 32.6 Å². The Morgan fingerprint density at radius 1 is 1.45 bits per heavy atom. The van der Waals surface area contributed by atoms with Crippen LogP contribution in [0.3, 0.4) is 0 Å². The van der Waals surface area contributed by atoms with Crippen LogP contribution in [0.1, 0.15) is 15.4 Å². The minimum Gasteiger partial charge on any atom is -0.351 e. The van der Waals surface area contributed by atoms with Crippen LogP contribution < -0.4 is 5.32 Å². The van der Waals surface area contributed by atoms with E-state index in [4.69, 9.17) is 11.6 Å². The van der Waals surface area contributed by atoms with Crippen molar-refractivity contribution in [3.63, 3.8) is 0 Å². The van der Waals surface area contributed by atoms with Crippen molar-refractivity contribution in [1.29, 1.82) is 0 Å². The molecule has 0 saturated heterocycles. The molecule has 0 saturated carbocycles. The lowest BCUT2D eigenvalue weighted by molar-refractivity contribution is 0.462. The Kier molecular flexibility index (Phi) is 7.71. The van der Waals surface area contributed by atoms with E-state index in [0.717, 1.165) is 29.8 Å². The van der Waals surface area contributed by atoms with Gasteiger partial charge >= 0.3 is 0 Å². The third-order valence-corrected chi connectivity index (χ3v) is 4.47. The van der Waals surface area contributed by atoms with Crippen molar-refractivity contribution in [3.8, 4) is 0 Å². The van der Waals surface area contributed by atoms with Crippen molar-refractivity contribution in [2.45, 2.75) is 20.0 Å². The predicted octanol–water partition coefficient (Wildman–Crippen LogP) is 3.87. The standard InChI is InChI=1S/C15H21ClN4S.HI/c1-11-5-6-14(21-11)8-18-15(17-2)20(4)10-13-7-12(16)9-19(13)3;/h5-7,9H,8,10H2,1-4H3,(H,17,18);1H. The van der Waals surface area contributed by atoms with Gasteiger partial charge < -0.3 is 14.8 Å². The monoisotopic (exact) mass is 452 g/mol. The van der Waals surface area contributed by atoms with E-state index in [9.17, 15) is 0 Å². The van der Waals surface area contributed by atoms with Crippen LogP contribution in [0.25, 0.3) is 0 Å². The van der Waals surface area contributed by atoms with Gasteiger partial charge in [0.25, 0.3) is 0 Å². The van der Waals surface area contributed by atoms with Gasteiger partial charge in [0.05, 0.1) is 18.1 Å². The third kappa shape index (κ3) is 5.17. The summed E-state index contributed by atoms with van der Waals surface area (Å²) < 4.78 is 2.04. The van der Waals surface area contributed by atoms with Crippen LogP contribution in [-0.4, -0.2) is 29.5 Å². The van der Waals surface area contributed by atoms with Crippen molar-refractivity contribution in [2.75, 3.05) is 14.1 Å².